The Morgan fingerprint density at radius 1 is 1.53 bits per heavy atom. The standard InChI is InChI=1S/C10H17NO3S/c1-5-10(4)11(6-12)7(8(13)14)9(2,3)15-10/h6-7H,5H2,1-4H3,(H,13,14). The Morgan fingerprint density at radius 2 is 2.07 bits per heavy atom. The van der Waals surface area contributed by atoms with Gasteiger partial charge in [0.05, 0.1) is 4.87 Å². The van der Waals surface area contributed by atoms with E-state index in [0.29, 0.717) is 6.41 Å². The highest BCUT2D eigenvalue weighted by molar-refractivity contribution is 8.02. The Labute approximate surface area is 94.0 Å². The summed E-state index contributed by atoms with van der Waals surface area (Å²) in [5, 5.41) is 9.16. The number of nitrogens with zero attached hydrogens (tertiary/aromatic N) is 1. The summed E-state index contributed by atoms with van der Waals surface area (Å²) in [5.41, 5.74) is 0. The van der Waals surface area contributed by atoms with E-state index in [0.717, 1.165) is 6.42 Å². The van der Waals surface area contributed by atoms with Crippen molar-refractivity contribution in [3.8, 4) is 0 Å². The van der Waals surface area contributed by atoms with Crippen molar-refractivity contribution in [3.05, 3.63) is 0 Å². The molecule has 0 bridgehead atoms. The van der Waals surface area contributed by atoms with E-state index >= 15 is 0 Å². The molecule has 0 aliphatic carbocycles. The van der Waals surface area contributed by atoms with Crippen molar-refractivity contribution in [2.45, 2.75) is 49.8 Å². The van der Waals surface area contributed by atoms with Crippen LogP contribution in [-0.4, -0.2) is 38.0 Å². The second kappa shape index (κ2) is 3.70. The lowest BCUT2D eigenvalue weighted by molar-refractivity contribution is -0.148. The highest BCUT2D eigenvalue weighted by atomic mass is 32.2. The second-order valence-corrected chi connectivity index (χ2v) is 6.62. The minimum absolute atomic E-state index is 0.408. The van der Waals surface area contributed by atoms with Crippen LogP contribution in [0.15, 0.2) is 0 Å². The molecule has 1 aliphatic rings. The number of thioether (sulfide) groups is 1. The lowest BCUT2D eigenvalue weighted by Gasteiger charge is -2.31. The number of rotatable bonds is 3. The van der Waals surface area contributed by atoms with E-state index in [2.05, 4.69) is 0 Å². The highest BCUT2D eigenvalue weighted by Crippen LogP contribution is 2.51. The molecule has 1 aliphatic heterocycles. The normalized spacial score (nSPS) is 34.1. The molecular weight excluding hydrogens is 214 g/mol. The van der Waals surface area contributed by atoms with Gasteiger partial charge < -0.3 is 10.0 Å². The van der Waals surface area contributed by atoms with Crippen LogP contribution in [0.1, 0.15) is 34.1 Å². The third-order valence-electron chi connectivity index (χ3n) is 2.97. The fourth-order valence-corrected chi connectivity index (χ4v) is 3.98. The third kappa shape index (κ3) is 1.85. The molecule has 1 N–H and O–H groups in total. The maximum atomic E-state index is 11.2. The summed E-state index contributed by atoms with van der Waals surface area (Å²) in [6, 6.07) is -0.745. The second-order valence-electron chi connectivity index (χ2n) is 4.49. The predicted molar refractivity (Wildman–Crippen MR) is 59.7 cm³/mol. The predicted octanol–water partition coefficient (Wildman–Crippen LogP) is 1.55. The van der Waals surface area contributed by atoms with Crippen LogP contribution >= 0.6 is 11.8 Å². The number of carbonyl (C=O) groups is 2. The molecule has 0 radical (unpaired) electrons. The molecule has 86 valence electrons. The molecule has 1 rings (SSSR count). The van der Waals surface area contributed by atoms with Gasteiger partial charge in [0.15, 0.2) is 0 Å². The fourth-order valence-electron chi connectivity index (χ4n) is 2.13. The molecule has 1 amide bonds. The van der Waals surface area contributed by atoms with Gasteiger partial charge in [0.2, 0.25) is 6.41 Å². The van der Waals surface area contributed by atoms with Gasteiger partial charge in [-0.25, -0.2) is 4.79 Å². The molecule has 2 atom stereocenters. The van der Waals surface area contributed by atoms with E-state index in [1.807, 2.05) is 27.7 Å². The number of carbonyl (C=O) groups excluding carboxylic acids is 1. The summed E-state index contributed by atoms with van der Waals surface area (Å²) in [4.78, 5) is 23.2. The van der Waals surface area contributed by atoms with Crippen LogP contribution < -0.4 is 0 Å². The van der Waals surface area contributed by atoms with Crippen LogP contribution in [0.2, 0.25) is 0 Å². The van der Waals surface area contributed by atoms with Crippen LogP contribution in [0.4, 0.5) is 0 Å². The SMILES string of the molecule is CCC1(C)SC(C)(C)C(C(=O)O)N1C=O. The maximum Gasteiger partial charge on any atom is 0.327 e. The van der Waals surface area contributed by atoms with Crippen molar-refractivity contribution in [2.24, 2.45) is 0 Å². The molecule has 0 aromatic heterocycles. The van der Waals surface area contributed by atoms with Crippen LogP contribution in [0.5, 0.6) is 0 Å². The first-order chi connectivity index (χ1) is 6.78. The topological polar surface area (TPSA) is 57.6 Å². The zero-order valence-electron chi connectivity index (χ0n) is 9.48. The van der Waals surface area contributed by atoms with Crippen molar-refractivity contribution < 1.29 is 14.7 Å². The number of aliphatic carboxylic acids is 1. The van der Waals surface area contributed by atoms with Gasteiger partial charge in [-0.1, -0.05) is 6.92 Å². The van der Waals surface area contributed by atoms with Gasteiger partial charge in [-0.3, -0.25) is 4.79 Å². The first-order valence-corrected chi connectivity index (χ1v) is 5.77. The quantitative estimate of drug-likeness (QED) is 0.749. The van der Waals surface area contributed by atoms with E-state index in [-0.39, 0.29) is 0 Å². The molecular formula is C10H17NO3S. The minimum Gasteiger partial charge on any atom is -0.480 e. The molecule has 1 saturated heterocycles. The zero-order valence-corrected chi connectivity index (χ0v) is 10.3. The van der Waals surface area contributed by atoms with E-state index in [4.69, 9.17) is 5.11 Å². The summed E-state index contributed by atoms with van der Waals surface area (Å²) in [7, 11) is 0. The Morgan fingerprint density at radius 3 is 2.40 bits per heavy atom. The number of hydrogen-bond acceptors (Lipinski definition) is 3. The summed E-state index contributed by atoms with van der Waals surface area (Å²) in [6.45, 7) is 7.61. The molecule has 0 aromatic rings. The molecule has 0 aromatic carbocycles. The smallest absolute Gasteiger partial charge is 0.327 e. The van der Waals surface area contributed by atoms with Gasteiger partial charge in [-0.15, -0.1) is 11.8 Å². The van der Waals surface area contributed by atoms with Gasteiger partial charge in [0.25, 0.3) is 0 Å². The minimum atomic E-state index is -0.934. The Kier molecular flexibility index (Phi) is 3.05. The number of carboxylic acid groups (broad SMARTS) is 1. The monoisotopic (exact) mass is 231 g/mol. The van der Waals surface area contributed by atoms with Crippen LogP contribution in [0, 0.1) is 0 Å². The van der Waals surface area contributed by atoms with Crippen molar-refractivity contribution in [1.82, 2.24) is 4.90 Å². The van der Waals surface area contributed by atoms with Crippen LogP contribution in [-0.2, 0) is 9.59 Å². The lowest BCUT2D eigenvalue weighted by atomic mass is 10.0. The number of hydrogen-bond donors (Lipinski definition) is 1. The first-order valence-electron chi connectivity index (χ1n) is 4.95. The van der Waals surface area contributed by atoms with E-state index in [1.54, 1.807) is 11.8 Å². The van der Waals surface area contributed by atoms with Crippen LogP contribution in [0.3, 0.4) is 0 Å². The van der Waals surface area contributed by atoms with Gasteiger partial charge in [0.1, 0.15) is 6.04 Å². The molecule has 0 saturated carbocycles. The van der Waals surface area contributed by atoms with E-state index < -0.39 is 21.6 Å². The number of carboxylic acids is 1. The third-order valence-corrected chi connectivity index (χ3v) is 4.66. The van der Waals surface area contributed by atoms with Gasteiger partial charge >= 0.3 is 5.97 Å². The molecule has 4 nitrogen and oxygen atoms in total. The summed E-state index contributed by atoms with van der Waals surface area (Å²) in [6.07, 6.45) is 1.40. The average Bonchev–Trinajstić information content (AvgIpc) is 2.32. The Hall–Kier alpha value is -0.710. The number of amides is 1. The highest BCUT2D eigenvalue weighted by Gasteiger charge is 2.55. The Balaban J connectivity index is 3.15. The summed E-state index contributed by atoms with van der Waals surface area (Å²) < 4.78 is -0.447. The average molecular weight is 231 g/mol. The molecule has 0 spiro atoms. The van der Waals surface area contributed by atoms with Crippen molar-refractivity contribution in [3.63, 3.8) is 0 Å². The lowest BCUT2D eigenvalue weighted by Crippen LogP contribution is -2.50. The molecule has 1 heterocycles. The summed E-state index contributed by atoms with van der Waals surface area (Å²) in [5.74, 6) is -0.934. The largest absolute Gasteiger partial charge is 0.480 e. The molecule has 15 heavy (non-hydrogen) atoms. The van der Waals surface area contributed by atoms with Crippen LogP contribution in [0.25, 0.3) is 0 Å². The Bertz CT molecular complexity index is 292. The van der Waals surface area contributed by atoms with Gasteiger partial charge in [-0.05, 0) is 27.2 Å². The van der Waals surface area contributed by atoms with Crippen molar-refractivity contribution in [1.29, 1.82) is 0 Å². The first kappa shape index (κ1) is 12.4. The summed E-state index contributed by atoms with van der Waals surface area (Å²) >= 11 is 1.55. The van der Waals surface area contributed by atoms with E-state index in [9.17, 15) is 9.59 Å². The fraction of sp³-hybridized carbons (Fsp3) is 0.800. The molecule has 5 heteroatoms. The van der Waals surface area contributed by atoms with E-state index in [1.165, 1.54) is 4.90 Å². The zero-order chi connectivity index (χ0) is 11.9. The molecule has 2 unspecified atom stereocenters. The van der Waals surface area contributed by atoms with Crippen molar-refractivity contribution in [2.75, 3.05) is 0 Å². The van der Waals surface area contributed by atoms with Crippen molar-refractivity contribution >= 4 is 24.1 Å². The molecule has 1 fully saturated rings. The maximum absolute atomic E-state index is 11.2. The van der Waals surface area contributed by atoms with Gasteiger partial charge in [-0.2, -0.15) is 0 Å². The van der Waals surface area contributed by atoms with Gasteiger partial charge in [0, 0.05) is 4.75 Å².